The third-order valence-electron chi connectivity index (χ3n) is 4.53. The first-order valence-corrected chi connectivity index (χ1v) is 10.3. The SMILES string of the molecule is COc1ccccc1OCC(=O)N(Cc1ccccn1)c1nc2ccc(C)cc2s1. The molecule has 0 atom stereocenters. The number of anilines is 1. The lowest BCUT2D eigenvalue weighted by Gasteiger charge is -2.20. The molecule has 0 unspecified atom stereocenters. The second-order valence-electron chi connectivity index (χ2n) is 6.71. The van der Waals surface area contributed by atoms with Crippen LogP contribution in [0, 0.1) is 6.92 Å². The van der Waals surface area contributed by atoms with E-state index < -0.39 is 0 Å². The molecular formula is C23H21N3O3S. The molecule has 30 heavy (non-hydrogen) atoms. The van der Waals surface area contributed by atoms with Crippen LogP contribution in [-0.4, -0.2) is 29.6 Å². The Hall–Kier alpha value is -3.45. The Morgan fingerprint density at radius 3 is 2.63 bits per heavy atom. The van der Waals surface area contributed by atoms with Crippen LogP contribution in [0.1, 0.15) is 11.3 Å². The van der Waals surface area contributed by atoms with E-state index in [0.29, 0.717) is 23.2 Å². The van der Waals surface area contributed by atoms with E-state index in [-0.39, 0.29) is 12.5 Å². The van der Waals surface area contributed by atoms with E-state index in [9.17, 15) is 4.79 Å². The Morgan fingerprint density at radius 2 is 1.87 bits per heavy atom. The van der Waals surface area contributed by atoms with Gasteiger partial charge in [0.15, 0.2) is 23.2 Å². The van der Waals surface area contributed by atoms with Crippen LogP contribution in [0.5, 0.6) is 11.5 Å². The van der Waals surface area contributed by atoms with Crippen LogP contribution < -0.4 is 14.4 Å². The van der Waals surface area contributed by atoms with Crippen molar-refractivity contribution in [2.45, 2.75) is 13.5 Å². The zero-order valence-corrected chi connectivity index (χ0v) is 17.6. The minimum Gasteiger partial charge on any atom is -0.493 e. The highest BCUT2D eigenvalue weighted by Crippen LogP contribution is 2.31. The average molecular weight is 420 g/mol. The number of pyridine rings is 1. The summed E-state index contributed by atoms with van der Waals surface area (Å²) in [5, 5.41) is 0.620. The number of benzene rings is 2. The van der Waals surface area contributed by atoms with Gasteiger partial charge in [-0.05, 0) is 48.9 Å². The number of ether oxygens (including phenoxy) is 2. The highest BCUT2D eigenvalue weighted by atomic mass is 32.1. The third-order valence-corrected chi connectivity index (χ3v) is 5.57. The Morgan fingerprint density at radius 1 is 1.07 bits per heavy atom. The third kappa shape index (κ3) is 4.41. The standard InChI is InChI=1S/C23H21N3O3S/c1-16-10-11-18-21(13-16)30-23(25-18)26(14-17-7-5-6-12-24-17)22(27)15-29-20-9-4-3-8-19(20)28-2/h3-13H,14-15H2,1-2H3. The number of carbonyl (C=O) groups is 1. The van der Waals surface area contributed by atoms with E-state index in [0.717, 1.165) is 21.5 Å². The molecule has 4 aromatic rings. The van der Waals surface area contributed by atoms with Crippen LogP contribution in [0.25, 0.3) is 10.2 Å². The predicted molar refractivity (Wildman–Crippen MR) is 118 cm³/mol. The van der Waals surface area contributed by atoms with Crippen molar-refractivity contribution in [1.29, 1.82) is 0 Å². The van der Waals surface area contributed by atoms with E-state index in [4.69, 9.17) is 9.47 Å². The van der Waals surface area contributed by atoms with Crippen LogP contribution in [0.15, 0.2) is 66.9 Å². The number of thiazole rings is 1. The van der Waals surface area contributed by atoms with Crippen molar-refractivity contribution in [1.82, 2.24) is 9.97 Å². The molecule has 0 aliphatic carbocycles. The maximum absolute atomic E-state index is 13.2. The summed E-state index contributed by atoms with van der Waals surface area (Å²) in [5.41, 5.74) is 2.79. The fourth-order valence-corrected chi connectivity index (χ4v) is 4.09. The number of para-hydroxylation sites is 2. The van der Waals surface area contributed by atoms with Gasteiger partial charge in [-0.2, -0.15) is 0 Å². The summed E-state index contributed by atoms with van der Waals surface area (Å²) in [4.78, 5) is 23.8. The topological polar surface area (TPSA) is 64.6 Å². The number of hydrogen-bond acceptors (Lipinski definition) is 6. The molecule has 1 amide bonds. The predicted octanol–water partition coefficient (Wildman–Crippen LogP) is 4.62. The van der Waals surface area contributed by atoms with Gasteiger partial charge in [-0.1, -0.05) is 35.6 Å². The highest BCUT2D eigenvalue weighted by molar-refractivity contribution is 7.22. The number of hydrogen-bond donors (Lipinski definition) is 0. The highest BCUT2D eigenvalue weighted by Gasteiger charge is 2.22. The van der Waals surface area contributed by atoms with Crippen molar-refractivity contribution in [2.75, 3.05) is 18.6 Å². The van der Waals surface area contributed by atoms with Crippen LogP contribution in [0.3, 0.4) is 0 Å². The van der Waals surface area contributed by atoms with Crippen molar-refractivity contribution >= 4 is 32.6 Å². The summed E-state index contributed by atoms with van der Waals surface area (Å²) in [6.07, 6.45) is 1.71. The minimum atomic E-state index is -0.206. The number of aryl methyl sites for hydroxylation is 1. The molecular weight excluding hydrogens is 398 g/mol. The summed E-state index contributed by atoms with van der Waals surface area (Å²) in [5.74, 6) is 0.894. The molecule has 0 aliphatic rings. The van der Waals surface area contributed by atoms with Gasteiger partial charge in [-0.15, -0.1) is 0 Å². The molecule has 6 nitrogen and oxygen atoms in total. The van der Waals surface area contributed by atoms with Gasteiger partial charge in [0.05, 0.1) is 29.6 Å². The Bertz CT molecular complexity index is 1160. The molecule has 4 rings (SSSR count). The normalized spacial score (nSPS) is 10.7. The summed E-state index contributed by atoms with van der Waals surface area (Å²) >= 11 is 1.48. The summed E-state index contributed by atoms with van der Waals surface area (Å²) in [7, 11) is 1.57. The van der Waals surface area contributed by atoms with Crippen LogP contribution in [0.2, 0.25) is 0 Å². The first-order valence-electron chi connectivity index (χ1n) is 9.47. The Balaban J connectivity index is 1.61. The van der Waals surface area contributed by atoms with Gasteiger partial charge in [-0.3, -0.25) is 14.7 Å². The lowest BCUT2D eigenvalue weighted by Crippen LogP contribution is -2.34. The molecule has 0 aliphatic heterocycles. The lowest BCUT2D eigenvalue weighted by atomic mass is 10.2. The number of amides is 1. The van der Waals surface area contributed by atoms with Gasteiger partial charge in [0, 0.05) is 6.20 Å². The smallest absolute Gasteiger partial charge is 0.267 e. The van der Waals surface area contributed by atoms with Crippen molar-refractivity contribution in [3.63, 3.8) is 0 Å². The second-order valence-corrected chi connectivity index (χ2v) is 7.72. The zero-order valence-electron chi connectivity index (χ0n) is 16.7. The van der Waals surface area contributed by atoms with Crippen LogP contribution in [-0.2, 0) is 11.3 Å². The van der Waals surface area contributed by atoms with Gasteiger partial charge in [0.1, 0.15) is 0 Å². The Labute approximate surface area is 178 Å². The molecule has 0 saturated carbocycles. The molecule has 2 aromatic heterocycles. The number of aromatic nitrogens is 2. The van der Waals surface area contributed by atoms with Crippen molar-refractivity contribution in [3.05, 3.63) is 78.1 Å². The number of fused-ring (bicyclic) bond motifs is 1. The van der Waals surface area contributed by atoms with E-state index in [1.165, 1.54) is 11.3 Å². The molecule has 0 fully saturated rings. The average Bonchev–Trinajstić information content (AvgIpc) is 3.19. The molecule has 2 heterocycles. The number of nitrogens with zero attached hydrogens (tertiary/aromatic N) is 3. The molecule has 0 N–H and O–H groups in total. The van der Waals surface area contributed by atoms with Crippen LogP contribution >= 0.6 is 11.3 Å². The lowest BCUT2D eigenvalue weighted by molar-refractivity contribution is -0.120. The van der Waals surface area contributed by atoms with Crippen LogP contribution in [0.4, 0.5) is 5.13 Å². The van der Waals surface area contributed by atoms with E-state index in [1.807, 2.05) is 49.4 Å². The zero-order chi connectivity index (χ0) is 20.9. The maximum atomic E-state index is 13.2. The minimum absolute atomic E-state index is 0.137. The maximum Gasteiger partial charge on any atom is 0.267 e. The molecule has 0 spiro atoms. The number of carbonyl (C=O) groups excluding carboxylic acids is 1. The van der Waals surface area contributed by atoms with E-state index >= 15 is 0 Å². The molecule has 152 valence electrons. The van der Waals surface area contributed by atoms with Gasteiger partial charge in [0.2, 0.25) is 0 Å². The first-order chi connectivity index (χ1) is 14.6. The monoisotopic (exact) mass is 419 g/mol. The molecule has 2 aromatic carbocycles. The van der Waals surface area contributed by atoms with E-state index in [1.54, 1.807) is 30.3 Å². The number of methoxy groups -OCH3 is 1. The molecule has 0 saturated heterocycles. The van der Waals surface area contributed by atoms with Gasteiger partial charge < -0.3 is 9.47 Å². The fourth-order valence-electron chi connectivity index (χ4n) is 3.01. The molecule has 7 heteroatoms. The van der Waals surface area contributed by atoms with Gasteiger partial charge >= 0.3 is 0 Å². The second kappa shape index (κ2) is 8.92. The van der Waals surface area contributed by atoms with Crippen molar-refractivity contribution in [3.8, 4) is 11.5 Å². The molecule has 0 bridgehead atoms. The first kappa shape index (κ1) is 19.8. The summed E-state index contributed by atoms with van der Waals surface area (Å²) in [6, 6.07) is 19.0. The Kier molecular flexibility index (Phi) is 5.90. The van der Waals surface area contributed by atoms with Crippen molar-refractivity contribution < 1.29 is 14.3 Å². The molecule has 0 radical (unpaired) electrons. The number of rotatable bonds is 7. The summed E-state index contributed by atoms with van der Waals surface area (Å²) in [6.45, 7) is 2.21. The van der Waals surface area contributed by atoms with E-state index in [2.05, 4.69) is 16.0 Å². The quantitative estimate of drug-likeness (QED) is 0.437. The summed E-state index contributed by atoms with van der Waals surface area (Å²) < 4.78 is 12.1. The van der Waals surface area contributed by atoms with Gasteiger partial charge in [0.25, 0.3) is 5.91 Å². The fraction of sp³-hybridized carbons (Fsp3) is 0.174. The largest absolute Gasteiger partial charge is 0.493 e. The van der Waals surface area contributed by atoms with Crippen molar-refractivity contribution in [2.24, 2.45) is 0 Å². The van der Waals surface area contributed by atoms with Gasteiger partial charge in [-0.25, -0.2) is 4.98 Å².